The van der Waals surface area contributed by atoms with Crippen LogP contribution >= 0.6 is 24.8 Å². The van der Waals surface area contributed by atoms with Crippen molar-refractivity contribution in [3.8, 4) is 0 Å². The zero-order chi connectivity index (χ0) is 10.7. The van der Waals surface area contributed by atoms with Crippen molar-refractivity contribution in [2.24, 2.45) is 5.92 Å². The second-order valence-corrected chi connectivity index (χ2v) is 5.41. The first-order valence-corrected chi connectivity index (χ1v) is 6.39. The zero-order valence-electron chi connectivity index (χ0n) is 8.89. The van der Waals surface area contributed by atoms with Crippen LogP contribution in [0.25, 0.3) is 0 Å². The fourth-order valence-electron chi connectivity index (χ4n) is 2.21. The largest absolute Gasteiger partial charge is 0.381 e. The van der Waals surface area contributed by atoms with Crippen LogP contribution in [0.4, 0.5) is 0 Å². The Kier molecular flexibility index (Phi) is 4.25. The van der Waals surface area contributed by atoms with Gasteiger partial charge in [0.25, 0.3) is 0 Å². The summed E-state index contributed by atoms with van der Waals surface area (Å²) in [6.45, 7) is 7.35. The summed E-state index contributed by atoms with van der Waals surface area (Å²) in [5.74, 6) is 0.750. The Balaban J connectivity index is 1.71. The lowest BCUT2D eigenvalue weighted by Crippen LogP contribution is -2.48. The highest BCUT2D eigenvalue weighted by Gasteiger charge is 2.22. The van der Waals surface area contributed by atoms with E-state index in [0.717, 1.165) is 49.6 Å². The maximum absolute atomic E-state index is 5.39. The summed E-state index contributed by atoms with van der Waals surface area (Å²) in [6, 6.07) is 0. The molecule has 2 aliphatic heterocycles. The Morgan fingerprint density at radius 2 is 2.07 bits per heavy atom. The van der Waals surface area contributed by atoms with Gasteiger partial charge < -0.3 is 9.64 Å². The van der Waals surface area contributed by atoms with Gasteiger partial charge in [0.15, 0.2) is 0 Å². The van der Waals surface area contributed by atoms with Gasteiger partial charge in [0, 0.05) is 39.3 Å². The average Bonchev–Trinajstić information content (AvgIpc) is 2.71. The molecule has 0 aromatic heterocycles. The molecule has 2 heterocycles. The third kappa shape index (κ3) is 3.31. The minimum atomic E-state index is 0.735. The van der Waals surface area contributed by atoms with Crippen LogP contribution in [0.15, 0.2) is 0 Å². The summed E-state index contributed by atoms with van der Waals surface area (Å²) in [7, 11) is 0. The number of hydrogen-bond donors (Lipinski definition) is 1. The molecular weight excluding hydrogens is 228 g/mol. The molecule has 1 atom stereocenters. The van der Waals surface area contributed by atoms with Crippen LogP contribution in [0.2, 0.25) is 0 Å². The van der Waals surface area contributed by atoms with Gasteiger partial charge in [-0.05, 0) is 12.3 Å². The van der Waals surface area contributed by atoms with E-state index in [0.29, 0.717) is 0 Å². The molecule has 2 rings (SSSR count). The molecule has 0 bridgehead atoms. The predicted molar refractivity (Wildman–Crippen MR) is 68.5 cm³/mol. The van der Waals surface area contributed by atoms with Gasteiger partial charge in [-0.3, -0.25) is 4.90 Å². The Bertz CT molecular complexity index is 223. The standard InChI is InChI=1S/C10H18N2OS2/c14-10(15)12-4-2-11(3-5-12)7-9-1-6-13-8-9/h9H,1-8H2,(H,14,15). The smallest absolute Gasteiger partial charge is 0.133 e. The lowest BCUT2D eigenvalue weighted by atomic mass is 10.1. The van der Waals surface area contributed by atoms with Gasteiger partial charge >= 0.3 is 0 Å². The third-order valence-corrected chi connectivity index (χ3v) is 3.72. The van der Waals surface area contributed by atoms with Crippen LogP contribution in [0, 0.1) is 5.92 Å². The first-order chi connectivity index (χ1) is 7.25. The molecule has 2 saturated heterocycles. The third-order valence-electron chi connectivity index (χ3n) is 3.18. The molecule has 86 valence electrons. The number of piperazine rings is 1. The van der Waals surface area contributed by atoms with Crippen molar-refractivity contribution in [1.82, 2.24) is 9.80 Å². The van der Waals surface area contributed by atoms with Gasteiger partial charge in [-0.2, -0.15) is 0 Å². The average molecular weight is 246 g/mol. The second kappa shape index (κ2) is 5.48. The molecule has 0 amide bonds. The molecule has 0 saturated carbocycles. The van der Waals surface area contributed by atoms with Gasteiger partial charge in [0.1, 0.15) is 4.32 Å². The molecular formula is C10H18N2OS2. The lowest BCUT2D eigenvalue weighted by Gasteiger charge is -2.35. The van der Waals surface area contributed by atoms with Crippen molar-refractivity contribution in [3.05, 3.63) is 0 Å². The fraction of sp³-hybridized carbons (Fsp3) is 0.900. The van der Waals surface area contributed by atoms with Crippen LogP contribution in [0.5, 0.6) is 0 Å². The summed E-state index contributed by atoms with van der Waals surface area (Å²) in [5, 5.41) is 0. The number of rotatable bonds is 2. The van der Waals surface area contributed by atoms with Crippen LogP contribution in [-0.2, 0) is 4.74 Å². The Labute approximate surface area is 102 Å². The van der Waals surface area contributed by atoms with Crippen molar-refractivity contribution in [2.45, 2.75) is 6.42 Å². The number of thiocarbonyl (C=S) groups is 1. The maximum Gasteiger partial charge on any atom is 0.133 e. The van der Waals surface area contributed by atoms with Gasteiger partial charge in [-0.15, -0.1) is 12.6 Å². The van der Waals surface area contributed by atoms with Gasteiger partial charge in [-0.25, -0.2) is 0 Å². The molecule has 1 unspecified atom stereocenters. The molecule has 5 heteroatoms. The van der Waals surface area contributed by atoms with E-state index in [1.54, 1.807) is 0 Å². The normalized spacial score (nSPS) is 28.3. The molecule has 0 N–H and O–H groups in total. The highest BCUT2D eigenvalue weighted by Crippen LogP contribution is 2.15. The van der Waals surface area contributed by atoms with E-state index in [-0.39, 0.29) is 0 Å². The first kappa shape index (κ1) is 11.6. The zero-order valence-corrected chi connectivity index (χ0v) is 10.6. The predicted octanol–water partition coefficient (Wildman–Crippen LogP) is 0.855. The molecule has 0 aromatic rings. The molecule has 0 aliphatic carbocycles. The molecule has 0 aromatic carbocycles. The molecule has 3 nitrogen and oxygen atoms in total. The van der Waals surface area contributed by atoms with E-state index in [1.165, 1.54) is 13.0 Å². The molecule has 15 heavy (non-hydrogen) atoms. The van der Waals surface area contributed by atoms with E-state index >= 15 is 0 Å². The summed E-state index contributed by atoms with van der Waals surface area (Å²) in [6.07, 6.45) is 1.23. The van der Waals surface area contributed by atoms with E-state index < -0.39 is 0 Å². The molecule has 2 aliphatic rings. The van der Waals surface area contributed by atoms with Crippen LogP contribution in [0.1, 0.15) is 6.42 Å². The van der Waals surface area contributed by atoms with E-state index in [4.69, 9.17) is 17.0 Å². The Hall–Kier alpha value is 0.160. The topological polar surface area (TPSA) is 15.7 Å². The number of thiol groups is 1. The number of nitrogens with zero attached hydrogens (tertiary/aromatic N) is 2. The molecule has 0 spiro atoms. The highest BCUT2D eigenvalue weighted by molar-refractivity contribution is 8.10. The minimum Gasteiger partial charge on any atom is -0.381 e. The molecule has 2 fully saturated rings. The summed E-state index contributed by atoms with van der Waals surface area (Å²) in [5.41, 5.74) is 0. The van der Waals surface area contributed by atoms with Crippen molar-refractivity contribution in [3.63, 3.8) is 0 Å². The van der Waals surface area contributed by atoms with E-state index in [2.05, 4.69) is 22.4 Å². The van der Waals surface area contributed by atoms with Crippen LogP contribution in [0.3, 0.4) is 0 Å². The van der Waals surface area contributed by atoms with Crippen LogP contribution in [-0.4, -0.2) is 60.1 Å². The Morgan fingerprint density at radius 3 is 2.60 bits per heavy atom. The van der Waals surface area contributed by atoms with Crippen molar-refractivity contribution >= 4 is 29.2 Å². The Morgan fingerprint density at radius 1 is 1.33 bits per heavy atom. The maximum atomic E-state index is 5.39. The van der Waals surface area contributed by atoms with Gasteiger partial charge in [-0.1, -0.05) is 12.2 Å². The van der Waals surface area contributed by atoms with Gasteiger partial charge in [0.2, 0.25) is 0 Å². The summed E-state index contributed by atoms with van der Waals surface area (Å²) in [4.78, 5) is 4.68. The lowest BCUT2D eigenvalue weighted by molar-refractivity contribution is 0.142. The van der Waals surface area contributed by atoms with Crippen molar-refractivity contribution in [2.75, 3.05) is 45.9 Å². The number of ether oxygens (including phenoxy) is 1. The quantitative estimate of drug-likeness (QED) is 0.574. The monoisotopic (exact) mass is 246 g/mol. The van der Waals surface area contributed by atoms with Crippen LogP contribution < -0.4 is 0 Å². The summed E-state index contributed by atoms with van der Waals surface area (Å²) >= 11 is 9.26. The number of hydrogen-bond acceptors (Lipinski definition) is 3. The highest BCUT2D eigenvalue weighted by atomic mass is 32.1. The van der Waals surface area contributed by atoms with E-state index in [9.17, 15) is 0 Å². The van der Waals surface area contributed by atoms with Crippen molar-refractivity contribution in [1.29, 1.82) is 0 Å². The van der Waals surface area contributed by atoms with Gasteiger partial charge in [0.05, 0.1) is 6.61 Å². The van der Waals surface area contributed by atoms with E-state index in [1.807, 2.05) is 0 Å². The van der Waals surface area contributed by atoms with Crippen molar-refractivity contribution < 1.29 is 4.74 Å². The molecule has 0 radical (unpaired) electrons. The second-order valence-electron chi connectivity index (χ2n) is 4.30. The fourth-order valence-corrected chi connectivity index (χ4v) is 2.60. The first-order valence-electron chi connectivity index (χ1n) is 5.53. The summed E-state index contributed by atoms with van der Waals surface area (Å²) < 4.78 is 6.12. The SMILES string of the molecule is S=C(S)N1CCN(CC2CCOC2)CC1. The minimum absolute atomic E-state index is 0.735.